The van der Waals surface area contributed by atoms with Crippen LogP contribution in [0.25, 0.3) is 16.7 Å². The van der Waals surface area contributed by atoms with Crippen molar-refractivity contribution in [3.8, 4) is 5.69 Å². The second kappa shape index (κ2) is 8.23. The summed E-state index contributed by atoms with van der Waals surface area (Å²) in [5.74, 6) is 0.000116. The van der Waals surface area contributed by atoms with Gasteiger partial charge in [-0.3, -0.25) is 9.59 Å². The van der Waals surface area contributed by atoms with Gasteiger partial charge in [0, 0.05) is 12.6 Å². The van der Waals surface area contributed by atoms with Crippen LogP contribution in [0.4, 0.5) is 0 Å². The van der Waals surface area contributed by atoms with E-state index in [2.05, 4.69) is 15.1 Å². The van der Waals surface area contributed by atoms with E-state index in [9.17, 15) is 18.0 Å². The number of rotatable bonds is 6. The quantitative estimate of drug-likeness (QED) is 0.446. The molecule has 9 nitrogen and oxygen atoms in total. The molecule has 0 bridgehead atoms. The van der Waals surface area contributed by atoms with Gasteiger partial charge in [-0.25, -0.2) is 18.1 Å². The highest BCUT2D eigenvalue weighted by atomic mass is 32.2. The Labute approximate surface area is 177 Å². The number of fused-ring (bicyclic) bond motifs is 1. The van der Waals surface area contributed by atoms with E-state index in [1.807, 2.05) is 37.3 Å². The number of benzene rings is 1. The van der Waals surface area contributed by atoms with Crippen LogP contribution in [-0.4, -0.2) is 68.8 Å². The third-order valence-corrected chi connectivity index (χ3v) is 7.67. The number of nitrogens with zero attached hydrogens (tertiary/aromatic N) is 4. The summed E-state index contributed by atoms with van der Waals surface area (Å²) in [5.41, 5.74) is 0.859. The van der Waals surface area contributed by atoms with Gasteiger partial charge in [-0.15, -0.1) is 0 Å². The Morgan fingerprint density at radius 2 is 2.10 bits per heavy atom. The summed E-state index contributed by atoms with van der Waals surface area (Å²) in [6, 6.07) is 9.06. The molecule has 0 spiro atoms. The first-order chi connectivity index (χ1) is 14.4. The van der Waals surface area contributed by atoms with Crippen LogP contribution in [0.1, 0.15) is 13.3 Å². The minimum atomic E-state index is -3.08. The standard InChI is InChI=1S/C19H21N5O4S2/c1-2-23(14-8-9-30(27,28)12-14)16(25)11-29-19-21-17-15(18(26)22-19)10-20-24(17)13-6-4-3-5-7-13/h3-7,10,14H,2,8-9,11-12H2,1H3,(H,21,22,26)/t14-/m1/s1. The van der Waals surface area contributed by atoms with E-state index in [4.69, 9.17) is 0 Å². The van der Waals surface area contributed by atoms with Gasteiger partial charge in [0.2, 0.25) is 5.91 Å². The maximum atomic E-state index is 12.7. The van der Waals surface area contributed by atoms with Crippen LogP contribution in [0.2, 0.25) is 0 Å². The Morgan fingerprint density at radius 1 is 1.33 bits per heavy atom. The van der Waals surface area contributed by atoms with Gasteiger partial charge in [0.15, 0.2) is 20.6 Å². The summed E-state index contributed by atoms with van der Waals surface area (Å²) < 4.78 is 25.1. The van der Waals surface area contributed by atoms with Crippen molar-refractivity contribution in [1.29, 1.82) is 0 Å². The third-order valence-electron chi connectivity index (χ3n) is 5.06. The minimum absolute atomic E-state index is 0.00848. The zero-order valence-electron chi connectivity index (χ0n) is 16.3. The Balaban J connectivity index is 1.54. The minimum Gasteiger partial charge on any atom is -0.338 e. The maximum absolute atomic E-state index is 12.7. The number of nitrogens with one attached hydrogen (secondary N) is 1. The fourth-order valence-corrected chi connectivity index (χ4v) is 6.07. The van der Waals surface area contributed by atoms with Crippen LogP contribution < -0.4 is 5.56 Å². The molecule has 158 valence electrons. The monoisotopic (exact) mass is 447 g/mol. The van der Waals surface area contributed by atoms with Gasteiger partial charge in [0.05, 0.1) is 29.1 Å². The molecule has 1 aliphatic rings. The first-order valence-corrected chi connectivity index (χ1v) is 12.3. The summed E-state index contributed by atoms with van der Waals surface area (Å²) >= 11 is 1.12. The summed E-state index contributed by atoms with van der Waals surface area (Å²) in [4.78, 5) is 33.9. The molecule has 1 N–H and O–H groups in total. The van der Waals surface area contributed by atoms with Crippen LogP contribution in [0.3, 0.4) is 0 Å². The number of aromatic amines is 1. The molecule has 0 aliphatic carbocycles. The number of hydrogen-bond acceptors (Lipinski definition) is 7. The molecule has 3 aromatic rings. The van der Waals surface area contributed by atoms with Gasteiger partial charge in [-0.05, 0) is 25.5 Å². The number of aromatic nitrogens is 4. The largest absolute Gasteiger partial charge is 0.338 e. The van der Waals surface area contributed by atoms with Crippen molar-refractivity contribution >= 4 is 38.5 Å². The summed E-state index contributed by atoms with van der Waals surface area (Å²) in [6.45, 7) is 2.27. The molecule has 1 atom stereocenters. The number of carbonyl (C=O) groups is 1. The number of thioether (sulfide) groups is 1. The lowest BCUT2D eigenvalue weighted by Crippen LogP contribution is -2.42. The van der Waals surface area contributed by atoms with Gasteiger partial charge < -0.3 is 9.88 Å². The lowest BCUT2D eigenvalue weighted by molar-refractivity contribution is -0.129. The van der Waals surface area contributed by atoms with Crippen molar-refractivity contribution in [3.63, 3.8) is 0 Å². The Morgan fingerprint density at radius 3 is 2.77 bits per heavy atom. The molecule has 0 unspecified atom stereocenters. The van der Waals surface area contributed by atoms with E-state index < -0.39 is 9.84 Å². The highest BCUT2D eigenvalue weighted by Gasteiger charge is 2.33. The van der Waals surface area contributed by atoms with Crippen LogP contribution in [0.5, 0.6) is 0 Å². The van der Waals surface area contributed by atoms with Crippen LogP contribution >= 0.6 is 11.8 Å². The molecule has 1 aliphatic heterocycles. The van der Waals surface area contributed by atoms with E-state index in [1.54, 1.807) is 9.58 Å². The molecule has 1 aromatic carbocycles. The van der Waals surface area contributed by atoms with Crippen molar-refractivity contribution in [3.05, 3.63) is 46.9 Å². The average Bonchev–Trinajstić information content (AvgIpc) is 3.31. The molecule has 1 fully saturated rings. The van der Waals surface area contributed by atoms with E-state index in [0.29, 0.717) is 29.2 Å². The topological polar surface area (TPSA) is 118 Å². The van der Waals surface area contributed by atoms with Gasteiger partial charge in [-0.1, -0.05) is 30.0 Å². The summed E-state index contributed by atoms with van der Waals surface area (Å²) in [5, 5.41) is 4.94. The lowest BCUT2D eigenvalue weighted by Gasteiger charge is -2.26. The first kappa shape index (κ1) is 20.6. The zero-order valence-corrected chi connectivity index (χ0v) is 17.9. The number of H-pyrrole nitrogens is 1. The smallest absolute Gasteiger partial charge is 0.262 e. The highest BCUT2D eigenvalue weighted by molar-refractivity contribution is 7.99. The van der Waals surface area contributed by atoms with E-state index in [-0.39, 0.29) is 34.8 Å². The molecule has 11 heteroatoms. The zero-order chi connectivity index (χ0) is 21.3. The van der Waals surface area contributed by atoms with E-state index in [0.717, 1.165) is 17.4 Å². The summed E-state index contributed by atoms with van der Waals surface area (Å²) in [7, 11) is -3.08. The van der Waals surface area contributed by atoms with Gasteiger partial charge in [0.1, 0.15) is 5.39 Å². The van der Waals surface area contributed by atoms with Gasteiger partial charge in [-0.2, -0.15) is 5.10 Å². The van der Waals surface area contributed by atoms with Gasteiger partial charge in [0.25, 0.3) is 5.56 Å². The maximum Gasteiger partial charge on any atom is 0.262 e. The Bertz CT molecular complexity index is 1240. The van der Waals surface area contributed by atoms with Crippen molar-refractivity contribution in [2.45, 2.75) is 24.5 Å². The predicted molar refractivity (Wildman–Crippen MR) is 115 cm³/mol. The second-order valence-electron chi connectivity index (χ2n) is 7.03. The molecular weight excluding hydrogens is 426 g/mol. The van der Waals surface area contributed by atoms with Crippen molar-refractivity contribution in [2.24, 2.45) is 0 Å². The van der Waals surface area contributed by atoms with Crippen molar-refractivity contribution < 1.29 is 13.2 Å². The molecule has 2 aromatic heterocycles. The van der Waals surface area contributed by atoms with Crippen molar-refractivity contribution in [2.75, 3.05) is 23.8 Å². The van der Waals surface area contributed by atoms with E-state index >= 15 is 0 Å². The lowest BCUT2D eigenvalue weighted by atomic mass is 10.2. The van der Waals surface area contributed by atoms with E-state index in [1.165, 1.54) is 6.20 Å². The Hall–Kier alpha value is -2.66. The number of para-hydroxylation sites is 1. The number of amides is 1. The molecule has 0 saturated carbocycles. The van der Waals surface area contributed by atoms with Crippen LogP contribution in [0.15, 0.2) is 46.5 Å². The SMILES string of the molecule is CCN(C(=O)CSc1nc2c(cnn2-c2ccccc2)c(=O)[nH]1)[C@@H]1CCS(=O)(=O)C1. The fourth-order valence-electron chi connectivity index (χ4n) is 3.60. The normalized spacial score (nSPS) is 18.0. The number of carbonyl (C=O) groups excluding carboxylic acids is 1. The molecule has 4 rings (SSSR count). The molecular formula is C19H21N5O4S2. The first-order valence-electron chi connectivity index (χ1n) is 9.54. The van der Waals surface area contributed by atoms with Crippen LogP contribution in [-0.2, 0) is 14.6 Å². The van der Waals surface area contributed by atoms with Gasteiger partial charge >= 0.3 is 0 Å². The molecule has 30 heavy (non-hydrogen) atoms. The predicted octanol–water partition coefficient (Wildman–Crippen LogP) is 1.24. The number of sulfone groups is 1. The second-order valence-corrected chi connectivity index (χ2v) is 10.2. The Kier molecular flexibility index (Phi) is 5.65. The third kappa shape index (κ3) is 4.12. The number of hydrogen-bond donors (Lipinski definition) is 1. The van der Waals surface area contributed by atoms with Crippen molar-refractivity contribution in [1.82, 2.24) is 24.6 Å². The molecule has 1 amide bonds. The van der Waals surface area contributed by atoms with Crippen LogP contribution in [0, 0.1) is 0 Å². The highest BCUT2D eigenvalue weighted by Crippen LogP contribution is 2.21. The average molecular weight is 448 g/mol. The molecule has 3 heterocycles. The molecule has 1 saturated heterocycles. The molecule has 0 radical (unpaired) electrons. The fraction of sp³-hybridized carbons (Fsp3) is 0.368. The summed E-state index contributed by atoms with van der Waals surface area (Å²) in [6.07, 6.45) is 1.93.